The predicted molar refractivity (Wildman–Crippen MR) is 72.6 cm³/mol. The highest BCUT2D eigenvalue weighted by Crippen LogP contribution is 2.32. The van der Waals surface area contributed by atoms with Crippen molar-refractivity contribution in [3.8, 4) is 0 Å². The molecule has 21 heavy (non-hydrogen) atoms. The second-order valence-electron chi connectivity index (χ2n) is 5.44. The van der Waals surface area contributed by atoms with Crippen molar-refractivity contribution in [1.82, 2.24) is 4.98 Å². The summed E-state index contributed by atoms with van der Waals surface area (Å²) >= 11 is 0.672. The minimum atomic E-state index is -4.57. The molecule has 1 saturated carbocycles. The fourth-order valence-electron chi connectivity index (χ4n) is 2.51. The summed E-state index contributed by atoms with van der Waals surface area (Å²) in [6.07, 6.45) is -1.25. The molecule has 0 saturated heterocycles. The van der Waals surface area contributed by atoms with Gasteiger partial charge in [0.15, 0.2) is 15.5 Å². The van der Waals surface area contributed by atoms with Crippen LogP contribution in [0.4, 0.5) is 13.2 Å². The van der Waals surface area contributed by atoms with Crippen LogP contribution in [0.2, 0.25) is 0 Å². The van der Waals surface area contributed by atoms with E-state index >= 15 is 0 Å². The number of nitrogens with zero attached hydrogens (tertiary/aromatic N) is 1. The molecule has 120 valence electrons. The van der Waals surface area contributed by atoms with Crippen molar-refractivity contribution in [2.24, 2.45) is 0 Å². The Morgan fingerprint density at radius 1 is 1.29 bits per heavy atom. The topological polar surface area (TPSA) is 67.3 Å². The zero-order valence-corrected chi connectivity index (χ0v) is 12.8. The number of alkyl halides is 3. The van der Waals surface area contributed by atoms with E-state index in [1.165, 1.54) is 0 Å². The molecule has 1 aliphatic rings. The van der Waals surface area contributed by atoms with E-state index in [1.807, 2.05) is 0 Å². The Kier molecular flexibility index (Phi) is 4.65. The molecule has 1 fully saturated rings. The molecule has 1 aromatic rings. The van der Waals surface area contributed by atoms with Gasteiger partial charge >= 0.3 is 6.18 Å². The van der Waals surface area contributed by atoms with E-state index in [0.717, 1.165) is 24.6 Å². The second kappa shape index (κ2) is 5.85. The number of thiazole rings is 1. The van der Waals surface area contributed by atoms with Gasteiger partial charge in [-0.15, -0.1) is 11.3 Å². The monoisotopic (exact) mass is 343 g/mol. The van der Waals surface area contributed by atoms with E-state index in [1.54, 1.807) is 0 Å². The first-order valence-corrected chi connectivity index (χ1v) is 9.24. The summed E-state index contributed by atoms with van der Waals surface area (Å²) in [5.74, 6) is -0.975. The van der Waals surface area contributed by atoms with Crippen LogP contribution in [0.1, 0.15) is 42.8 Å². The van der Waals surface area contributed by atoms with Crippen LogP contribution in [-0.4, -0.2) is 29.9 Å². The lowest BCUT2D eigenvalue weighted by atomic mass is 9.86. The van der Waals surface area contributed by atoms with Gasteiger partial charge in [0.25, 0.3) is 0 Å². The summed E-state index contributed by atoms with van der Waals surface area (Å²) in [6.45, 7) is 0. The molecule has 9 heteroatoms. The van der Waals surface area contributed by atoms with E-state index in [2.05, 4.69) is 4.98 Å². The lowest BCUT2D eigenvalue weighted by molar-refractivity contribution is -0.140. The zero-order chi connectivity index (χ0) is 15.7. The quantitative estimate of drug-likeness (QED) is 0.913. The second-order valence-corrected chi connectivity index (χ2v) is 8.45. The third kappa shape index (κ3) is 4.65. The maximum absolute atomic E-state index is 12.4. The predicted octanol–water partition coefficient (Wildman–Crippen LogP) is 2.77. The molecule has 0 amide bonds. The molecule has 1 aliphatic carbocycles. The van der Waals surface area contributed by atoms with Gasteiger partial charge in [-0.2, -0.15) is 13.2 Å². The van der Waals surface area contributed by atoms with Gasteiger partial charge in [0.05, 0.1) is 11.4 Å². The van der Waals surface area contributed by atoms with E-state index in [4.69, 9.17) is 0 Å². The lowest BCUT2D eigenvalue weighted by Crippen LogP contribution is -2.39. The minimum absolute atomic E-state index is 0.0956. The van der Waals surface area contributed by atoms with Gasteiger partial charge in [0.1, 0.15) is 10.8 Å². The van der Waals surface area contributed by atoms with Gasteiger partial charge in [0, 0.05) is 5.38 Å². The summed E-state index contributed by atoms with van der Waals surface area (Å²) in [6, 6.07) is 0. The third-order valence-corrected chi connectivity index (χ3v) is 6.18. The van der Waals surface area contributed by atoms with Crippen LogP contribution >= 0.6 is 11.3 Å². The molecule has 0 atom stereocenters. The van der Waals surface area contributed by atoms with Crippen molar-refractivity contribution in [2.45, 2.75) is 49.6 Å². The fraction of sp³-hybridized carbons (Fsp3) is 0.750. The van der Waals surface area contributed by atoms with Crippen LogP contribution < -0.4 is 0 Å². The highest BCUT2D eigenvalue weighted by atomic mass is 32.2. The Morgan fingerprint density at radius 3 is 2.43 bits per heavy atom. The molecular weight excluding hydrogens is 327 g/mol. The van der Waals surface area contributed by atoms with Crippen LogP contribution in [0.15, 0.2) is 5.38 Å². The first kappa shape index (κ1) is 16.7. The standard InChI is InChI=1S/C12H16F3NO3S2/c13-12(14,15)9-6-20-10(16-9)7-21(18,19)8-11(17)4-2-1-3-5-11/h6,17H,1-5,7-8H2. The van der Waals surface area contributed by atoms with Crippen LogP contribution in [0, 0.1) is 0 Å². The Morgan fingerprint density at radius 2 is 1.90 bits per heavy atom. The third-order valence-electron chi connectivity index (χ3n) is 3.46. The van der Waals surface area contributed by atoms with E-state index in [0.29, 0.717) is 24.2 Å². The number of aliphatic hydroxyl groups is 1. The van der Waals surface area contributed by atoms with Gasteiger partial charge < -0.3 is 5.11 Å². The van der Waals surface area contributed by atoms with Crippen molar-refractivity contribution >= 4 is 21.2 Å². The van der Waals surface area contributed by atoms with Crippen LogP contribution in [-0.2, 0) is 21.8 Å². The highest BCUT2D eigenvalue weighted by molar-refractivity contribution is 7.90. The summed E-state index contributed by atoms with van der Waals surface area (Å²) in [4.78, 5) is 3.32. The molecule has 0 radical (unpaired) electrons. The SMILES string of the molecule is O=S(=O)(Cc1nc(C(F)(F)F)cs1)CC1(O)CCCCC1. The number of aromatic nitrogens is 1. The van der Waals surface area contributed by atoms with Crippen LogP contribution in [0.25, 0.3) is 0 Å². The molecule has 0 aromatic carbocycles. The Balaban J connectivity index is 2.05. The highest BCUT2D eigenvalue weighted by Gasteiger charge is 2.36. The molecule has 1 heterocycles. The number of sulfone groups is 1. The lowest BCUT2D eigenvalue weighted by Gasteiger charge is -2.31. The van der Waals surface area contributed by atoms with Crippen LogP contribution in [0.3, 0.4) is 0 Å². The first-order valence-electron chi connectivity index (χ1n) is 6.54. The van der Waals surface area contributed by atoms with Crippen LogP contribution in [0.5, 0.6) is 0 Å². The largest absolute Gasteiger partial charge is 0.434 e. The maximum atomic E-state index is 12.4. The average Bonchev–Trinajstić information content (AvgIpc) is 2.75. The van der Waals surface area contributed by atoms with Crippen molar-refractivity contribution in [2.75, 3.05) is 5.75 Å². The maximum Gasteiger partial charge on any atom is 0.434 e. The summed E-state index contributed by atoms with van der Waals surface area (Å²) in [5.41, 5.74) is -2.32. The van der Waals surface area contributed by atoms with Crippen molar-refractivity contribution in [3.63, 3.8) is 0 Å². The molecule has 0 bridgehead atoms. The van der Waals surface area contributed by atoms with Gasteiger partial charge in [-0.25, -0.2) is 13.4 Å². The molecule has 1 N–H and O–H groups in total. The molecule has 0 aliphatic heterocycles. The van der Waals surface area contributed by atoms with Crippen molar-refractivity contribution in [1.29, 1.82) is 0 Å². The number of rotatable bonds is 4. The van der Waals surface area contributed by atoms with E-state index in [-0.39, 0.29) is 5.01 Å². The summed E-state index contributed by atoms with van der Waals surface area (Å²) < 4.78 is 61.4. The molecular formula is C12H16F3NO3S2. The molecule has 2 rings (SSSR count). The Bertz CT molecular complexity index is 589. The minimum Gasteiger partial charge on any atom is -0.389 e. The number of hydrogen-bond donors (Lipinski definition) is 1. The van der Waals surface area contributed by atoms with Gasteiger partial charge in [-0.05, 0) is 12.8 Å². The van der Waals surface area contributed by atoms with Gasteiger partial charge in [0.2, 0.25) is 0 Å². The molecule has 1 aromatic heterocycles. The van der Waals surface area contributed by atoms with Gasteiger partial charge in [-0.3, -0.25) is 0 Å². The molecule has 4 nitrogen and oxygen atoms in total. The number of hydrogen-bond acceptors (Lipinski definition) is 5. The molecule has 0 spiro atoms. The summed E-state index contributed by atoms with van der Waals surface area (Å²) in [7, 11) is -3.69. The van der Waals surface area contributed by atoms with E-state index < -0.39 is 38.8 Å². The van der Waals surface area contributed by atoms with Crippen molar-refractivity contribution < 1.29 is 26.7 Å². The van der Waals surface area contributed by atoms with Gasteiger partial charge in [-0.1, -0.05) is 19.3 Å². The zero-order valence-electron chi connectivity index (χ0n) is 11.2. The number of halogens is 3. The van der Waals surface area contributed by atoms with E-state index in [9.17, 15) is 26.7 Å². The normalized spacial score (nSPS) is 19.6. The summed E-state index contributed by atoms with van der Waals surface area (Å²) in [5, 5.41) is 11.0. The fourth-order valence-corrected chi connectivity index (χ4v) is 5.56. The Hall–Kier alpha value is -0.670. The molecule has 0 unspecified atom stereocenters. The smallest absolute Gasteiger partial charge is 0.389 e. The van der Waals surface area contributed by atoms with Crippen molar-refractivity contribution in [3.05, 3.63) is 16.1 Å². The average molecular weight is 343 g/mol. The first-order chi connectivity index (χ1) is 9.60. The Labute approximate surface area is 124 Å².